The Hall–Kier alpha value is -3.24. The number of sulfone groups is 1. The molecule has 7 heteroatoms. The van der Waals surface area contributed by atoms with Gasteiger partial charge < -0.3 is 0 Å². The maximum atomic E-state index is 13.3. The van der Waals surface area contributed by atoms with Gasteiger partial charge in [0, 0.05) is 12.3 Å². The molecule has 0 bridgehead atoms. The molecule has 0 aliphatic carbocycles. The summed E-state index contributed by atoms with van der Waals surface area (Å²) < 4.78 is 26.7. The summed E-state index contributed by atoms with van der Waals surface area (Å²) in [4.78, 5) is 11.9. The lowest BCUT2D eigenvalue weighted by molar-refractivity contribution is 0.572. The van der Waals surface area contributed by atoms with Crippen molar-refractivity contribution in [1.82, 2.24) is 5.43 Å². The molecule has 0 radical (unpaired) electrons. The number of nitroso groups, excluding NO2 is 1. The fourth-order valence-electron chi connectivity index (χ4n) is 2.53. The van der Waals surface area contributed by atoms with Crippen molar-refractivity contribution in [3.63, 3.8) is 0 Å². The largest absolute Gasteiger partial charge is 0.356 e. The zero-order chi connectivity index (χ0) is 19.8. The lowest BCUT2D eigenvalue weighted by atomic mass is 10.1. The molecule has 0 saturated heterocycles. The smallest absolute Gasteiger partial charge is 0.288 e. The lowest BCUT2D eigenvalue weighted by Crippen LogP contribution is -2.35. The predicted molar refractivity (Wildman–Crippen MR) is 105 cm³/mol. The summed E-state index contributed by atoms with van der Waals surface area (Å²) in [5, 5.41) is 2.46. The van der Waals surface area contributed by atoms with Gasteiger partial charge in [0.05, 0.1) is 16.6 Å². The van der Waals surface area contributed by atoms with Gasteiger partial charge in [-0.25, -0.2) is 20.4 Å². The lowest BCUT2D eigenvalue weighted by Gasteiger charge is -2.19. The molecule has 2 aromatic rings. The summed E-state index contributed by atoms with van der Waals surface area (Å²) in [6.07, 6.45) is 5.42. The van der Waals surface area contributed by atoms with Gasteiger partial charge in [0.1, 0.15) is 0 Å². The molecule has 1 unspecified atom stereocenters. The van der Waals surface area contributed by atoms with Crippen LogP contribution in [0.4, 0.5) is 0 Å². The zero-order valence-corrected chi connectivity index (χ0v) is 15.6. The van der Waals surface area contributed by atoms with Gasteiger partial charge in [-0.05, 0) is 30.7 Å². The first kappa shape index (κ1) is 20.1. The Balaban J connectivity index is 2.54. The normalized spacial score (nSPS) is 13.9. The van der Waals surface area contributed by atoms with Crippen molar-refractivity contribution in [3.8, 4) is 0 Å². The fourth-order valence-corrected chi connectivity index (χ4v) is 4.16. The molecule has 138 valence electrons. The quantitative estimate of drug-likeness (QED) is 0.325. The maximum Gasteiger partial charge on any atom is 0.356 e. The Morgan fingerprint density at radius 2 is 1.78 bits per heavy atom. The third kappa shape index (κ3) is 4.68. The number of benzene rings is 2. The molecule has 0 aromatic heterocycles. The highest BCUT2D eigenvalue weighted by Crippen LogP contribution is 2.33. The predicted octanol–water partition coefficient (Wildman–Crippen LogP) is 3.97. The summed E-state index contributed by atoms with van der Waals surface area (Å²) in [6.45, 7) is 9.57. The minimum Gasteiger partial charge on any atom is -0.288 e. The molecule has 2 aromatic carbocycles. The van der Waals surface area contributed by atoms with Gasteiger partial charge in [0.2, 0.25) is 0 Å². The summed E-state index contributed by atoms with van der Waals surface area (Å²) in [6, 6.07) is 15.4. The molecule has 0 spiro atoms. The molecule has 1 N–H and O–H groups in total. The van der Waals surface area contributed by atoms with E-state index in [2.05, 4.69) is 15.6 Å². The molecule has 0 aliphatic heterocycles. The minimum absolute atomic E-state index is 0.00273. The van der Waals surface area contributed by atoms with Crippen molar-refractivity contribution < 1.29 is 8.42 Å². The molecule has 0 fully saturated rings. The molecule has 2 rings (SSSR count). The molecule has 0 heterocycles. The van der Waals surface area contributed by atoms with Crippen LogP contribution in [0.2, 0.25) is 0 Å². The number of nitrogens with zero attached hydrogens (tertiary/aromatic N) is 2. The number of hydrogen-bond donors (Lipinski definition) is 1. The van der Waals surface area contributed by atoms with Crippen molar-refractivity contribution in [2.45, 2.75) is 23.1 Å². The van der Waals surface area contributed by atoms with Crippen molar-refractivity contribution >= 4 is 9.84 Å². The number of aryl methyl sites for hydroxylation is 1. The van der Waals surface area contributed by atoms with Crippen LogP contribution < -0.4 is 5.43 Å². The first-order valence-electron chi connectivity index (χ1n) is 8.11. The highest BCUT2D eigenvalue weighted by Gasteiger charge is 2.49. The fraction of sp³-hybridized carbons (Fsp3) is 0.150. The van der Waals surface area contributed by atoms with Gasteiger partial charge >= 0.3 is 4.87 Å². The van der Waals surface area contributed by atoms with E-state index >= 15 is 0 Å². The van der Waals surface area contributed by atoms with Crippen molar-refractivity contribution in [2.24, 2.45) is 5.29 Å². The van der Waals surface area contributed by atoms with Crippen molar-refractivity contribution in [2.75, 3.05) is 0 Å². The first-order valence-corrected chi connectivity index (χ1v) is 9.59. The summed E-state index contributed by atoms with van der Waals surface area (Å²) in [5.41, 5.74) is 3.74. The van der Waals surface area contributed by atoms with Gasteiger partial charge in [0.25, 0.3) is 9.84 Å². The number of allylic oxidation sites excluding steroid dienone is 2. The van der Waals surface area contributed by atoms with Crippen LogP contribution >= 0.6 is 0 Å². The van der Waals surface area contributed by atoms with E-state index < -0.39 is 14.7 Å². The Kier molecular flexibility index (Phi) is 6.63. The Labute approximate surface area is 158 Å². The zero-order valence-electron chi connectivity index (χ0n) is 14.7. The van der Waals surface area contributed by atoms with Gasteiger partial charge in [-0.1, -0.05) is 54.1 Å². The van der Waals surface area contributed by atoms with Gasteiger partial charge in [-0.15, -0.1) is 4.91 Å². The third-order valence-electron chi connectivity index (χ3n) is 3.98. The van der Waals surface area contributed by atoms with E-state index in [0.29, 0.717) is 0 Å². The van der Waals surface area contributed by atoms with Crippen LogP contribution in [0.1, 0.15) is 11.1 Å². The van der Waals surface area contributed by atoms with E-state index in [1.54, 1.807) is 36.4 Å². The Morgan fingerprint density at radius 3 is 2.37 bits per heavy atom. The summed E-state index contributed by atoms with van der Waals surface area (Å²) >= 11 is 0. The number of rotatable bonds is 8. The molecule has 27 heavy (non-hydrogen) atoms. The molecule has 0 amide bonds. The van der Waals surface area contributed by atoms with Crippen LogP contribution in [-0.4, -0.2) is 13.3 Å². The number of hydrogen-bond acceptors (Lipinski definition) is 4. The summed E-state index contributed by atoms with van der Waals surface area (Å²) in [5.74, 6) is 0. The highest BCUT2D eigenvalue weighted by molar-refractivity contribution is 7.93. The van der Waals surface area contributed by atoms with Crippen LogP contribution in [0.15, 0.2) is 89.2 Å². The second kappa shape index (κ2) is 8.92. The second-order valence-corrected chi connectivity index (χ2v) is 8.06. The molecule has 0 aliphatic rings. The van der Waals surface area contributed by atoms with E-state index in [-0.39, 0.29) is 11.3 Å². The van der Waals surface area contributed by atoms with E-state index in [1.807, 2.05) is 13.0 Å². The van der Waals surface area contributed by atoms with Crippen molar-refractivity contribution in [1.29, 1.82) is 0 Å². The van der Waals surface area contributed by atoms with Gasteiger partial charge in [-0.3, -0.25) is 4.85 Å². The van der Waals surface area contributed by atoms with Gasteiger partial charge in [0.15, 0.2) is 0 Å². The average molecular weight is 381 g/mol. The van der Waals surface area contributed by atoms with E-state index in [9.17, 15) is 13.3 Å². The summed E-state index contributed by atoms with van der Waals surface area (Å²) in [7, 11) is -4.00. The van der Waals surface area contributed by atoms with E-state index in [1.165, 1.54) is 36.6 Å². The molecule has 0 saturated carbocycles. The third-order valence-corrected chi connectivity index (χ3v) is 6.17. The Bertz CT molecular complexity index is 975. The molecular weight excluding hydrogens is 362 g/mol. The second-order valence-electron chi connectivity index (χ2n) is 5.87. The monoisotopic (exact) mass is 381 g/mol. The van der Waals surface area contributed by atoms with Gasteiger partial charge in [-0.2, -0.15) is 0 Å². The van der Waals surface area contributed by atoms with Crippen LogP contribution in [0.5, 0.6) is 0 Å². The van der Waals surface area contributed by atoms with Crippen LogP contribution in [0.25, 0.3) is 4.85 Å². The van der Waals surface area contributed by atoms with Crippen LogP contribution in [-0.2, 0) is 16.3 Å². The molecule has 6 nitrogen and oxygen atoms in total. The number of nitrogens with one attached hydrogen (secondary N) is 1. The van der Waals surface area contributed by atoms with Crippen LogP contribution in [0, 0.1) is 18.4 Å². The first-order chi connectivity index (χ1) is 12.9. The SMILES string of the molecule is [C-]#[N+]C(/C=C\C=C\NN=O)(Cc1ccccc1)S(=O)(=O)c1ccc(C)cc1. The standard InChI is InChI=1S/C20H19N3O3S/c1-17-10-12-19(13-11-17)27(25,26)20(21-2,14-6-7-15-22-23-24)16-18-8-4-3-5-9-18/h3-15H,16H2,1H3,(H,22,24)/b14-6-,15-7+. The van der Waals surface area contributed by atoms with E-state index in [0.717, 1.165) is 11.1 Å². The maximum absolute atomic E-state index is 13.3. The highest BCUT2D eigenvalue weighted by atomic mass is 32.2. The topological polar surface area (TPSA) is 80.0 Å². The minimum atomic E-state index is -4.00. The Morgan fingerprint density at radius 1 is 1.11 bits per heavy atom. The van der Waals surface area contributed by atoms with Crippen molar-refractivity contribution in [3.05, 3.63) is 106 Å². The average Bonchev–Trinajstić information content (AvgIpc) is 2.68. The van der Waals surface area contributed by atoms with E-state index in [4.69, 9.17) is 6.57 Å². The van der Waals surface area contributed by atoms with Crippen LogP contribution in [0.3, 0.4) is 0 Å². The molecule has 1 atom stereocenters. The molecular formula is C20H19N3O3S.